The van der Waals surface area contributed by atoms with Crippen LogP contribution in [-0.4, -0.2) is 61.0 Å². The van der Waals surface area contributed by atoms with Crippen LogP contribution in [0, 0.1) is 5.82 Å². The normalized spacial score (nSPS) is 17.8. The number of morpholine rings is 1. The zero-order valence-electron chi connectivity index (χ0n) is 16.6. The second-order valence-corrected chi connectivity index (χ2v) is 8.19. The van der Waals surface area contributed by atoms with Gasteiger partial charge in [0.1, 0.15) is 5.82 Å². The van der Waals surface area contributed by atoms with E-state index in [9.17, 15) is 14.0 Å². The Morgan fingerprint density at radius 1 is 0.900 bits per heavy atom. The van der Waals surface area contributed by atoms with E-state index in [1.165, 1.54) is 28.8 Å². The molecule has 2 amide bonds. The third-order valence-corrected chi connectivity index (χ3v) is 6.37. The second kappa shape index (κ2) is 9.55. The van der Waals surface area contributed by atoms with E-state index >= 15 is 0 Å². The van der Waals surface area contributed by atoms with Crippen molar-refractivity contribution >= 4 is 29.1 Å². The van der Waals surface area contributed by atoms with E-state index in [0.29, 0.717) is 48.1 Å². The number of hydrogen-bond donors (Lipinski definition) is 0. The fourth-order valence-corrected chi connectivity index (χ4v) is 4.64. The van der Waals surface area contributed by atoms with E-state index in [-0.39, 0.29) is 17.6 Å². The predicted octanol–water partition coefficient (Wildman–Crippen LogP) is 3.17. The molecule has 1 saturated heterocycles. The summed E-state index contributed by atoms with van der Waals surface area (Å²) in [5.74, 6) is -0.375. The third-order valence-electron chi connectivity index (χ3n) is 5.23. The fraction of sp³-hybridized carbons (Fsp3) is 0.304. The first kappa shape index (κ1) is 20.8. The molecular weight excluding hydrogens is 403 g/mol. The molecule has 0 saturated carbocycles. The zero-order chi connectivity index (χ0) is 20.9. The maximum Gasteiger partial charge on any atom is 0.268 e. The molecule has 2 aromatic carbocycles. The fourth-order valence-electron chi connectivity index (χ4n) is 3.56. The Balaban J connectivity index is 1.56. The Labute approximate surface area is 179 Å². The van der Waals surface area contributed by atoms with Crippen molar-refractivity contribution in [2.75, 3.05) is 39.4 Å². The Morgan fingerprint density at radius 2 is 1.60 bits per heavy atom. The predicted molar refractivity (Wildman–Crippen MR) is 115 cm³/mol. The summed E-state index contributed by atoms with van der Waals surface area (Å²) in [4.78, 5) is 30.3. The van der Waals surface area contributed by atoms with Crippen LogP contribution in [0.4, 0.5) is 4.39 Å². The maximum absolute atomic E-state index is 13.4. The van der Waals surface area contributed by atoms with Crippen molar-refractivity contribution in [1.82, 2.24) is 9.80 Å². The van der Waals surface area contributed by atoms with Gasteiger partial charge in [0, 0.05) is 31.9 Å². The number of rotatable bonds is 7. The molecular formula is C23H23FN2O3S. The SMILES string of the molecule is O=C1C(SCc2ccccc2)=C(c2ccc(F)cc2)C(=O)N1CCN1CCOCC1. The van der Waals surface area contributed by atoms with E-state index in [2.05, 4.69) is 4.90 Å². The van der Waals surface area contributed by atoms with Crippen molar-refractivity contribution in [3.05, 3.63) is 76.4 Å². The maximum atomic E-state index is 13.4. The van der Waals surface area contributed by atoms with Crippen molar-refractivity contribution in [3.8, 4) is 0 Å². The quantitative estimate of drug-likeness (QED) is 0.637. The largest absolute Gasteiger partial charge is 0.379 e. The number of carbonyl (C=O) groups excluding carboxylic acids is 2. The summed E-state index contributed by atoms with van der Waals surface area (Å²) in [5, 5.41) is 0. The Kier molecular flexibility index (Phi) is 6.62. The molecule has 0 unspecified atom stereocenters. The molecule has 1 fully saturated rings. The molecule has 2 heterocycles. The Hall–Kier alpha value is -2.48. The lowest BCUT2D eigenvalue weighted by Gasteiger charge is -2.28. The molecule has 30 heavy (non-hydrogen) atoms. The van der Waals surface area contributed by atoms with Gasteiger partial charge in [-0.3, -0.25) is 19.4 Å². The molecule has 0 N–H and O–H groups in total. The van der Waals surface area contributed by atoms with Gasteiger partial charge in [-0.15, -0.1) is 11.8 Å². The average molecular weight is 427 g/mol. The first-order chi connectivity index (χ1) is 14.6. The molecule has 156 valence electrons. The van der Waals surface area contributed by atoms with Crippen LogP contribution in [-0.2, 0) is 20.1 Å². The van der Waals surface area contributed by atoms with Gasteiger partial charge < -0.3 is 4.74 Å². The van der Waals surface area contributed by atoms with E-state index in [1.807, 2.05) is 30.3 Å². The smallest absolute Gasteiger partial charge is 0.268 e. The minimum Gasteiger partial charge on any atom is -0.379 e. The number of thioether (sulfide) groups is 1. The van der Waals surface area contributed by atoms with Gasteiger partial charge >= 0.3 is 0 Å². The van der Waals surface area contributed by atoms with Crippen molar-refractivity contribution < 1.29 is 18.7 Å². The number of hydrogen-bond acceptors (Lipinski definition) is 5. The van der Waals surface area contributed by atoms with Gasteiger partial charge in [-0.2, -0.15) is 0 Å². The summed E-state index contributed by atoms with van der Waals surface area (Å²) in [5.41, 5.74) is 2.00. The highest BCUT2D eigenvalue weighted by molar-refractivity contribution is 8.03. The van der Waals surface area contributed by atoms with Gasteiger partial charge in [-0.1, -0.05) is 42.5 Å². The van der Waals surface area contributed by atoms with Crippen molar-refractivity contribution in [2.24, 2.45) is 0 Å². The van der Waals surface area contributed by atoms with Gasteiger partial charge in [0.05, 0.1) is 23.7 Å². The summed E-state index contributed by atoms with van der Waals surface area (Å²) in [7, 11) is 0. The van der Waals surface area contributed by atoms with Crippen molar-refractivity contribution in [2.45, 2.75) is 5.75 Å². The molecule has 0 bridgehead atoms. The molecule has 0 aromatic heterocycles. The third kappa shape index (κ3) is 4.64. The molecule has 2 aliphatic rings. The molecule has 0 radical (unpaired) electrons. The van der Waals surface area contributed by atoms with Crippen LogP contribution in [0.1, 0.15) is 11.1 Å². The lowest BCUT2D eigenvalue weighted by Crippen LogP contribution is -2.43. The van der Waals surface area contributed by atoms with Crippen LogP contribution in [0.2, 0.25) is 0 Å². The molecule has 2 aromatic rings. The van der Waals surface area contributed by atoms with Gasteiger partial charge in [-0.05, 0) is 23.3 Å². The molecule has 5 nitrogen and oxygen atoms in total. The number of benzene rings is 2. The van der Waals surface area contributed by atoms with Gasteiger partial charge in [0.2, 0.25) is 0 Å². The topological polar surface area (TPSA) is 49.9 Å². The number of nitrogens with zero attached hydrogens (tertiary/aromatic N) is 2. The van der Waals surface area contributed by atoms with E-state index in [4.69, 9.17) is 4.74 Å². The van der Waals surface area contributed by atoms with Gasteiger partial charge in [0.25, 0.3) is 11.8 Å². The van der Waals surface area contributed by atoms with Crippen LogP contribution in [0.5, 0.6) is 0 Å². The van der Waals surface area contributed by atoms with Crippen LogP contribution in [0.15, 0.2) is 59.5 Å². The molecule has 4 rings (SSSR count). The van der Waals surface area contributed by atoms with E-state index in [1.54, 1.807) is 12.1 Å². The highest BCUT2D eigenvalue weighted by atomic mass is 32.2. The average Bonchev–Trinajstić information content (AvgIpc) is 3.02. The van der Waals surface area contributed by atoms with Crippen molar-refractivity contribution in [3.63, 3.8) is 0 Å². The van der Waals surface area contributed by atoms with Gasteiger partial charge in [0.15, 0.2) is 0 Å². The van der Waals surface area contributed by atoms with Crippen LogP contribution < -0.4 is 0 Å². The summed E-state index contributed by atoms with van der Waals surface area (Å²) >= 11 is 1.36. The van der Waals surface area contributed by atoms with Crippen molar-refractivity contribution in [1.29, 1.82) is 0 Å². The first-order valence-corrected chi connectivity index (χ1v) is 11.0. The summed E-state index contributed by atoms with van der Waals surface area (Å²) in [6.45, 7) is 3.87. The summed E-state index contributed by atoms with van der Waals surface area (Å²) in [6, 6.07) is 15.6. The molecule has 2 aliphatic heterocycles. The minimum atomic E-state index is -0.376. The monoisotopic (exact) mass is 426 g/mol. The highest BCUT2D eigenvalue weighted by Crippen LogP contribution is 2.37. The molecule has 7 heteroatoms. The summed E-state index contributed by atoms with van der Waals surface area (Å²) in [6.07, 6.45) is 0. The van der Waals surface area contributed by atoms with E-state index < -0.39 is 0 Å². The number of halogens is 1. The highest BCUT2D eigenvalue weighted by Gasteiger charge is 2.39. The zero-order valence-corrected chi connectivity index (χ0v) is 17.4. The number of imide groups is 1. The van der Waals surface area contributed by atoms with Crippen LogP contribution >= 0.6 is 11.8 Å². The van der Waals surface area contributed by atoms with E-state index in [0.717, 1.165) is 18.7 Å². The second-order valence-electron chi connectivity index (χ2n) is 7.20. The number of ether oxygens (including phenoxy) is 1. The summed E-state index contributed by atoms with van der Waals surface area (Å²) < 4.78 is 18.8. The Bertz CT molecular complexity index is 941. The Morgan fingerprint density at radius 3 is 2.30 bits per heavy atom. The molecule has 0 spiro atoms. The molecule has 0 atom stereocenters. The van der Waals surface area contributed by atoms with Gasteiger partial charge in [-0.25, -0.2) is 4.39 Å². The lowest BCUT2D eigenvalue weighted by molar-refractivity contribution is -0.136. The van der Waals surface area contributed by atoms with Crippen LogP contribution in [0.3, 0.4) is 0 Å². The lowest BCUT2D eigenvalue weighted by atomic mass is 10.1. The standard InChI is InChI=1S/C23H23FN2O3S/c24-19-8-6-18(7-9-19)20-21(30-16-17-4-2-1-3-5-17)23(28)26(22(20)27)11-10-25-12-14-29-15-13-25/h1-9H,10-16H2. The number of amides is 2. The number of carbonyl (C=O) groups is 2. The first-order valence-electron chi connectivity index (χ1n) is 9.97. The minimum absolute atomic E-state index is 0.270. The molecule has 0 aliphatic carbocycles. The van der Waals surface area contributed by atoms with Crippen LogP contribution in [0.25, 0.3) is 5.57 Å².